The third-order valence-corrected chi connectivity index (χ3v) is 5.98. The largest absolute Gasteiger partial charge is 0.387 e. The second-order valence-corrected chi connectivity index (χ2v) is 7.57. The predicted molar refractivity (Wildman–Crippen MR) is 84.3 cm³/mol. The molecule has 1 aromatic carbocycles. The average molecular weight is 329 g/mol. The Morgan fingerprint density at radius 1 is 1.35 bits per heavy atom. The van der Waals surface area contributed by atoms with E-state index in [9.17, 15) is 9.50 Å². The van der Waals surface area contributed by atoms with Crippen LogP contribution in [0, 0.1) is 5.82 Å². The first kappa shape index (κ1) is 14.4. The van der Waals surface area contributed by atoms with E-state index >= 15 is 0 Å². The van der Waals surface area contributed by atoms with Crippen molar-refractivity contribution in [2.45, 2.75) is 24.7 Å². The van der Waals surface area contributed by atoms with Gasteiger partial charge in [-0.15, -0.1) is 11.3 Å². The maximum Gasteiger partial charge on any atom is 0.126 e. The van der Waals surface area contributed by atoms with Gasteiger partial charge in [-0.2, -0.15) is 11.8 Å². The van der Waals surface area contributed by atoms with E-state index in [1.807, 2.05) is 11.8 Å². The molecule has 1 aliphatic heterocycles. The molecule has 1 aliphatic rings. The second-order valence-electron chi connectivity index (χ2n) is 4.86. The van der Waals surface area contributed by atoms with E-state index in [0.717, 1.165) is 22.8 Å². The van der Waals surface area contributed by atoms with Crippen LogP contribution in [0.25, 0.3) is 0 Å². The van der Waals surface area contributed by atoms with Crippen molar-refractivity contribution in [3.63, 3.8) is 0 Å². The summed E-state index contributed by atoms with van der Waals surface area (Å²) in [5.74, 6) is 1.85. The molecule has 0 spiro atoms. The van der Waals surface area contributed by atoms with Crippen LogP contribution < -0.4 is 0 Å². The van der Waals surface area contributed by atoms with Crippen LogP contribution in [0.2, 0.25) is 5.02 Å². The lowest BCUT2D eigenvalue weighted by Gasteiger charge is -2.09. The van der Waals surface area contributed by atoms with Crippen LogP contribution >= 0.6 is 34.7 Å². The van der Waals surface area contributed by atoms with Crippen molar-refractivity contribution in [3.8, 4) is 0 Å². The minimum absolute atomic E-state index is 0.263. The van der Waals surface area contributed by atoms with Crippen LogP contribution in [-0.4, -0.2) is 10.9 Å². The minimum Gasteiger partial charge on any atom is -0.387 e. The molecule has 2 heterocycles. The van der Waals surface area contributed by atoms with Crippen LogP contribution in [0.4, 0.5) is 4.39 Å². The van der Waals surface area contributed by atoms with E-state index < -0.39 is 6.10 Å². The zero-order chi connectivity index (χ0) is 14.1. The van der Waals surface area contributed by atoms with Gasteiger partial charge >= 0.3 is 0 Å². The highest BCUT2D eigenvalue weighted by molar-refractivity contribution is 7.98. The van der Waals surface area contributed by atoms with Crippen molar-refractivity contribution < 1.29 is 9.50 Å². The van der Waals surface area contributed by atoms with Crippen molar-refractivity contribution in [2.75, 3.05) is 5.75 Å². The van der Waals surface area contributed by atoms with Crippen LogP contribution in [-0.2, 0) is 18.6 Å². The number of aliphatic hydroxyl groups excluding tert-OH is 1. The molecule has 0 aliphatic carbocycles. The molecule has 0 saturated heterocycles. The summed E-state index contributed by atoms with van der Waals surface area (Å²) in [6.07, 6.45) is 0.672. The molecule has 1 N–H and O–H groups in total. The quantitative estimate of drug-likeness (QED) is 0.888. The first-order valence-electron chi connectivity index (χ1n) is 6.44. The lowest BCUT2D eigenvalue weighted by Crippen LogP contribution is -2.01. The van der Waals surface area contributed by atoms with E-state index in [1.165, 1.54) is 22.6 Å². The summed E-state index contributed by atoms with van der Waals surface area (Å²) in [6, 6.07) is 6.52. The van der Waals surface area contributed by atoms with Crippen molar-refractivity contribution in [1.82, 2.24) is 0 Å². The molecule has 0 saturated carbocycles. The number of benzene rings is 1. The van der Waals surface area contributed by atoms with Gasteiger partial charge in [0, 0.05) is 27.0 Å². The van der Waals surface area contributed by atoms with Gasteiger partial charge in [0.05, 0.1) is 6.10 Å². The van der Waals surface area contributed by atoms with E-state index in [2.05, 4.69) is 6.07 Å². The van der Waals surface area contributed by atoms with E-state index in [-0.39, 0.29) is 12.2 Å². The summed E-state index contributed by atoms with van der Waals surface area (Å²) in [5.41, 5.74) is 1.79. The van der Waals surface area contributed by atoms with Crippen LogP contribution in [0.5, 0.6) is 0 Å². The van der Waals surface area contributed by atoms with Crippen molar-refractivity contribution in [3.05, 3.63) is 56.0 Å². The topological polar surface area (TPSA) is 20.2 Å². The normalized spacial score (nSPS) is 15.9. The average Bonchev–Trinajstić information content (AvgIpc) is 2.87. The Morgan fingerprint density at radius 3 is 3.00 bits per heavy atom. The molecular weight excluding hydrogens is 315 g/mol. The van der Waals surface area contributed by atoms with Crippen LogP contribution in [0.3, 0.4) is 0 Å². The van der Waals surface area contributed by atoms with E-state index in [0.29, 0.717) is 10.6 Å². The van der Waals surface area contributed by atoms with Gasteiger partial charge in [-0.1, -0.05) is 11.6 Å². The van der Waals surface area contributed by atoms with Crippen molar-refractivity contribution in [1.29, 1.82) is 0 Å². The van der Waals surface area contributed by atoms with Gasteiger partial charge < -0.3 is 5.11 Å². The monoisotopic (exact) mass is 328 g/mol. The number of aliphatic hydroxyl groups is 1. The number of aryl methyl sites for hydroxylation is 1. The molecule has 0 amide bonds. The van der Waals surface area contributed by atoms with Gasteiger partial charge in [0.2, 0.25) is 0 Å². The zero-order valence-electron chi connectivity index (χ0n) is 10.7. The Morgan fingerprint density at radius 2 is 2.20 bits per heavy atom. The SMILES string of the molecule is OC(Cc1cc(Cl)ccc1F)c1cc2c(s1)CCSC2. The fourth-order valence-electron chi connectivity index (χ4n) is 2.34. The molecule has 0 radical (unpaired) electrons. The van der Waals surface area contributed by atoms with Gasteiger partial charge in [0.25, 0.3) is 0 Å². The van der Waals surface area contributed by atoms with Crippen LogP contribution in [0.1, 0.15) is 27.0 Å². The summed E-state index contributed by atoms with van der Waals surface area (Å²) >= 11 is 9.45. The van der Waals surface area contributed by atoms with Gasteiger partial charge in [0.1, 0.15) is 5.82 Å². The standard InChI is InChI=1S/C15H14ClFOS2/c16-11-1-2-12(17)9(5-11)6-13(18)15-7-10-8-19-4-3-14(10)20-15/h1-2,5,7,13,18H,3-4,6,8H2. The number of halogens is 2. The minimum atomic E-state index is -0.663. The number of hydrogen-bond donors (Lipinski definition) is 1. The fourth-order valence-corrected chi connectivity index (χ4v) is 4.90. The third-order valence-electron chi connectivity index (χ3n) is 3.40. The maximum absolute atomic E-state index is 13.7. The number of fused-ring (bicyclic) bond motifs is 1. The Labute approximate surface area is 130 Å². The highest BCUT2D eigenvalue weighted by atomic mass is 35.5. The highest BCUT2D eigenvalue weighted by Crippen LogP contribution is 2.35. The molecule has 106 valence electrons. The summed E-state index contributed by atoms with van der Waals surface area (Å²) in [5, 5.41) is 10.8. The predicted octanol–water partition coefficient (Wildman–Crippen LogP) is 4.61. The summed E-state index contributed by atoms with van der Waals surface area (Å²) in [7, 11) is 0. The lowest BCUT2D eigenvalue weighted by atomic mass is 10.1. The Hall–Kier alpha value is -0.550. The first-order valence-corrected chi connectivity index (χ1v) is 8.79. The van der Waals surface area contributed by atoms with Gasteiger partial charge in [-0.05, 0) is 47.6 Å². The molecule has 1 atom stereocenters. The molecule has 2 aromatic rings. The Balaban J connectivity index is 1.80. The van der Waals surface area contributed by atoms with E-state index in [4.69, 9.17) is 11.6 Å². The summed E-state index contributed by atoms with van der Waals surface area (Å²) < 4.78 is 13.7. The smallest absolute Gasteiger partial charge is 0.126 e. The first-order chi connectivity index (χ1) is 9.63. The molecule has 3 rings (SSSR count). The molecule has 5 heteroatoms. The second kappa shape index (κ2) is 6.06. The van der Waals surface area contributed by atoms with Gasteiger partial charge in [-0.25, -0.2) is 4.39 Å². The van der Waals surface area contributed by atoms with E-state index in [1.54, 1.807) is 17.4 Å². The number of thiophene rings is 1. The number of thioether (sulfide) groups is 1. The third kappa shape index (κ3) is 3.03. The molecule has 1 aromatic heterocycles. The highest BCUT2D eigenvalue weighted by Gasteiger charge is 2.19. The molecule has 20 heavy (non-hydrogen) atoms. The summed E-state index contributed by atoms with van der Waals surface area (Å²) in [4.78, 5) is 2.29. The van der Waals surface area contributed by atoms with Crippen molar-refractivity contribution in [2.24, 2.45) is 0 Å². The van der Waals surface area contributed by atoms with Gasteiger partial charge in [-0.3, -0.25) is 0 Å². The molecular formula is C15H14ClFOS2. The fraction of sp³-hybridized carbons (Fsp3) is 0.333. The van der Waals surface area contributed by atoms with Gasteiger partial charge in [0.15, 0.2) is 0 Å². The lowest BCUT2D eigenvalue weighted by molar-refractivity contribution is 0.181. The maximum atomic E-state index is 13.7. The summed E-state index contributed by atoms with van der Waals surface area (Å²) in [6.45, 7) is 0. The van der Waals surface area contributed by atoms with Crippen LogP contribution in [0.15, 0.2) is 24.3 Å². The zero-order valence-corrected chi connectivity index (χ0v) is 13.1. The molecule has 1 unspecified atom stereocenters. The Bertz CT molecular complexity index is 603. The molecule has 0 bridgehead atoms. The Kier molecular flexibility index (Phi) is 4.36. The number of hydrogen-bond acceptors (Lipinski definition) is 3. The molecule has 0 fully saturated rings. The molecule has 1 nitrogen and oxygen atoms in total. The van der Waals surface area contributed by atoms with Crippen molar-refractivity contribution >= 4 is 34.7 Å². The number of rotatable bonds is 3.